The highest BCUT2D eigenvalue weighted by Gasteiger charge is 2.35. The molecule has 3 heterocycles. The van der Waals surface area contributed by atoms with Gasteiger partial charge in [0, 0.05) is 19.2 Å². The van der Waals surface area contributed by atoms with Crippen LogP contribution in [0.1, 0.15) is 18.1 Å². The first-order chi connectivity index (χ1) is 12.5. The molecule has 4 rings (SSSR count). The van der Waals surface area contributed by atoms with Crippen LogP contribution in [0.4, 0.5) is 30.6 Å². The van der Waals surface area contributed by atoms with Gasteiger partial charge in [0.1, 0.15) is 17.2 Å². The van der Waals surface area contributed by atoms with Crippen molar-refractivity contribution in [3.05, 3.63) is 35.5 Å². The quantitative estimate of drug-likeness (QED) is 0.651. The zero-order valence-corrected chi connectivity index (χ0v) is 13.9. The zero-order valence-electron chi connectivity index (χ0n) is 13.9. The maximum absolute atomic E-state index is 13.2. The summed E-state index contributed by atoms with van der Waals surface area (Å²) in [5.74, 6) is 1.04. The van der Waals surface area contributed by atoms with Crippen molar-refractivity contribution in [3.63, 3.8) is 0 Å². The van der Waals surface area contributed by atoms with Gasteiger partial charge >= 0.3 is 6.18 Å². The first-order valence-corrected chi connectivity index (χ1v) is 8.19. The Hall–Kier alpha value is -2.97. The number of aromatic amines is 1. The van der Waals surface area contributed by atoms with Crippen molar-refractivity contribution in [2.24, 2.45) is 0 Å². The lowest BCUT2D eigenvalue weighted by molar-refractivity contribution is -0.136. The van der Waals surface area contributed by atoms with Crippen LogP contribution >= 0.6 is 0 Å². The SMILES string of the molecule is CCNc1nc(Nc2cccc3c2OCC3)nc2[nH]cc(C(F)(F)F)c12. The number of hydrogen-bond donors (Lipinski definition) is 3. The number of rotatable bonds is 4. The van der Waals surface area contributed by atoms with Crippen LogP contribution in [0, 0.1) is 0 Å². The second kappa shape index (κ2) is 6.08. The number of nitrogens with one attached hydrogen (secondary N) is 3. The molecule has 1 aromatic carbocycles. The van der Waals surface area contributed by atoms with Crippen molar-refractivity contribution >= 4 is 28.5 Å². The Morgan fingerprint density at radius 2 is 2.12 bits per heavy atom. The molecule has 0 aliphatic carbocycles. The van der Waals surface area contributed by atoms with Gasteiger partial charge in [-0.05, 0) is 18.6 Å². The van der Waals surface area contributed by atoms with Crippen molar-refractivity contribution in [3.8, 4) is 5.75 Å². The van der Waals surface area contributed by atoms with Gasteiger partial charge in [-0.3, -0.25) is 0 Å². The molecule has 0 radical (unpaired) electrons. The highest BCUT2D eigenvalue weighted by atomic mass is 19.4. The number of H-pyrrole nitrogens is 1. The van der Waals surface area contributed by atoms with E-state index >= 15 is 0 Å². The highest BCUT2D eigenvalue weighted by Crippen LogP contribution is 2.39. The summed E-state index contributed by atoms with van der Waals surface area (Å²) >= 11 is 0. The maximum atomic E-state index is 13.2. The second-order valence-corrected chi connectivity index (χ2v) is 5.87. The third-order valence-electron chi connectivity index (χ3n) is 4.14. The van der Waals surface area contributed by atoms with Crippen molar-refractivity contribution in [2.75, 3.05) is 23.8 Å². The van der Waals surface area contributed by atoms with E-state index in [1.54, 1.807) is 6.92 Å². The van der Waals surface area contributed by atoms with Gasteiger partial charge in [-0.15, -0.1) is 0 Å². The predicted molar refractivity (Wildman–Crippen MR) is 92.0 cm³/mol. The number of ether oxygens (including phenoxy) is 1. The van der Waals surface area contributed by atoms with Crippen LogP contribution in [0.2, 0.25) is 0 Å². The molecule has 0 bridgehead atoms. The zero-order chi connectivity index (χ0) is 18.3. The standard InChI is InChI=1S/C17H16F3N5O/c1-2-21-14-12-10(17(18,19)20)8-22-15(12)25-16(24-14)23-11-5-3-4-9-6-7-26-13(9)11/h3-5,8H,2,6-7H2,1H3,(H3,21,22,23,24,25). The fraction of sp³-hybridized carbons (Fsp3) is 0.294. The Morgan fingerprint density at radius 1 is 1.27 bits per heavy atom. The average molecular weight is 363 g/mol. The lowest BCUT2D eigenvalue weighted by atomic mass is 10.1. The summed E-state index contributed by atoms with van der Waals surface area (Å²) in [6, 6.07) is 5.68. The van der Waals surface area contributed by atoms with Crippen molar-refractivity contribution in [1.82, 2.24) is 15.0 Å². The Balaban J connectivity index is 1.79. The molecular weight excluding hydrogens is 347 g/mol. The molecule has 26 heavy (non-hydrogen) atoms. The molecule has 0 atom stereocenters. The number of aromatic nitrogens is 3. The van der Waals surface area contributed by atoms with Crippen LogP contribution in [-0.2, 0) is 12.6 Å². The van der Waals surface area contributed by atoms with Gasteiger partial charge in [-0.25, -0.2) is 0 Å². The van der Waals surface area contributed by atoms with Crippen LogP contribution in [0.3, 0.4) is 0 Å². The summed E-state index contributed by atoms with van der Waals surface area (Å²) in [4.78, 5) is 11.0. The summed E-state index contributed by atoms with van der Waals surface area (Å²) in [7, 11) is 0. The van der Waals surface area contributed by atoms with E-state index < -0.39 is 11.7 Å². The van der Waals surface area contributed by atoms with Gasteiger partial charge < -0.3 is 20.4 Å². The predicted octanol–water partition coefficient (Wildman–Crippen LogP) is 4.09. The average Bonchev–Trinajstić information content (AvgIpc) is 3.21. The molecule has 0 spiro atoms. The molecule has 136 valence electrons. The second-order valence-electron chi connectivity index (χ2n) is 5.87. The molecule has 0 fully saturated rings. The minimum Gasteiger partial charge on any atom is -0.491 e. The number of benzene rings is 1. The van der Waals surface area contributed by atoms with E-state index in [1.165, 1.54) is 0 Å². The Labute approximate surface area is 146 Å². The lowest BCUT2D eigenvalue weighted by Gasteiger charge is -2.13. The first kappa shape index (κ1) is 16.5. The molecule has 3 N–H and O–H groups in total. The molecule has 0 amide bonds. The Kier molecular flexibility index (Phi) is 3.86. The molecular formula is C17H16F3N5O. The first-order valence-electron chi connectivity index (χ1n) is 8.19. The molecule has 0 saturated carbocycles. The van der Waals surface area contributed by atoms with E-state index in [9.17, 15) is 13.2 Å². The number of fused-ring (bicyclic) bond motifs is 2. The van der Waals surface area contributed by atoms with Gasteiger partial charge in [0.2, 0.25) is 5.95 Å². The molecule has 9 heteroatoms. The van der Waals surface area contributed by atoms with E-state index in [-0.39, 0.29) is 22.8 Å². The smallest absolute Gasteiger partial charge is 0.418 e. The van der Waals surface area contributed by atoms with Gasteiger partial charge in [-0.2, -0.15) is 23.1 Å². The summed E-state index contributed by atoms with van der Waals surface area (Å²) in [5, 5.41) is 5.87. The molecule has 2 aromatic heterocycles. The van der Waals surface area contributed by atoms with Crippen molar-refractivity contribution in [1.29, 1.82) is 0 Å². The van der Waals surface area contributed by atoms with E-state index in [4.69, 9.17) is 4.74 Å². The third-order valence-corrected chi connectivity index (χ3v) is 4.14. The molecule has 3 aromatic rings. The summed E-state index contributed by atoms with van der Waals surface area (Å²) in [5.41, 5.74) is 1.07. The number of halogens is 3. The molecule has 6 nitrogen and oxygen atoms in total. The van der Waals surface area contributed by atoms with Crippen LogP contribution in [0.15, 0.2) is 24.4 Å². The molecule has 1 aliphatic heterocycles. The van der Waals surface area contributed by atoms with Gasteiger partial charge in [-0.1, -0.05) is 12.1 Å². The number of alkyl halides is 3. The number of para-hydroxylation sites is 1. The van der Waals surface area contributed by atoms with Crippen LogP contribution in [-0.4, -0.2) is 28.1 Å². The number of anilines is 3. The number of hydrogen-bond acceptors (Lipinski definition) is 5. The molecule has 0 unspecified atom stereocenters. The summed E-state index contributed by atoms with van der Waals surface area (Å²) < 4.78 is 45.3. The van der Waals surface area contributed by atoms with Gasteiger partial charge in [0.05, 0.1) is 23.2 Å². The fourth-order valence-corrected chi connectivity index (χ4v) is 3.04. The van der Waals surface area contributed by atoms with E-state index in [0.29, 0.717) is 18.8 Å². The van der Waals surface area contributed by atoms with E-state index in [2.05, 4.69) is 25.6 Å². The van der Waals surface area contributed by atoms with Crippen molar-refractivity contribution in [2.45, 2.75) is 19.5 Å². The lowest BCUT2D eigenvalue weighted by Crippen LogP contribution is -2.08. The monoisotopic (exact) mass is 363 g/mol. The normalized spacial score (nSPS) is 13.5. The summed E-state index contributed by atoms with van der Waals surface area (Å²) in [6.45, 7) is 2.82. The Bertz CT molecular complexity index is 967. The molecule has 0 saturated heterocycles. The van der Waals surface area contributed by atoms with Gasteiger partial charge in [0.25, 0.3) is 0 Å². The fourth-order valence-electron chi connectivity index (χ4n) is 3.04. The molecule has 1 aliphatic rings. The van der Waals surface area contributed by atoms with Crippen LogP contribution in [0.5, 0.6) is 5.75 Å². The van der Waals surface area contributed by atoms with E-state index in [1.807, 2.05) is 18.2 Å². The maximum Gasteiger partial charge on any atom is 0.418 e. The minimum atomic E-state index is -4.49. The van der Waals surface area contributed by atoms with Crippen molar-refractivity contribution < 1.29 is 17.9 Å². The number of nitrogens with zero attached hydrogens (tertiary/aromatic N) is 2. The minimum absolute atomic E-state index is 0.0700. The van der Waals surface area contributed by atoms with Crippen LogP contribution in [0.25, 0.3) is 11.0 Å². The topological polar surface area (TPSA) is 74.9 Å². The van der Waals surface area contributed by atoms with Gasteiger partial charge in [0.15, 0.2) is 0 Å². The largest absolute Gasteiger partial charge is 0.491 e. The third kappa shape index (κ3) is 2.79. The Morgan fingerprint density at radius 3 is 2.88 bits per heavy atom. The highest BCUT2D eigenvalue weighted by molar-refractivity contribution is 5.92. The summed E-state index contributed by atoms with van der Waals surface area (Å²) in [6.07, 6.45) is -2.76. The van der Waals surface area contributed by atoms with E-state index in [0.717, 1.165) is 23.9 Å². The van der Waals surface area contributed by atoms with Crippen LogP contribution < -0.4 is 15.4 Å².